The highest BCUT2D eigenvalue weighted by Gasteiger charge is 2.13. The smallest absolute Gasteiger partial charge is 0.411 e. The van der Waals surface area contributed by atoms with E-state index in [0.29, 0.717) is 22.2 Å². The second-order valence-corrected chi connectivity index (χ2v) is 4.17. The van der Waals surface area contributed by atoms with E-state index < -0.39 is 6.09 Å². The van der Waals surface area contributed by atoms with Crippen molar-refractivity contribution in [2.45, 2.75) is 20.0 Å². The predicted molar refractivity (Wildman–Crippen MR) is 69.8 cm³/mol. The Balaban J connectivity index is 2.94. The maximum Gasteiger partial charge on any atom is 0.411 e. The topological polar surface area (TPSA) is 56.8 Å². The van der Waals surface area contributed by atoms with Gasteiger partial charge in [0.05, 0.1) is 31.0 Å². The molecule has 1 N–H and O–H groups in total. The van der Waals surface area contributed by atoms with Crippen LogP contribution in [0.25, 0.3) is 0 Å². The van der Waals surface area contributed by atoms with Gasteiger partial charge in [-0.25, -0.2) is 4.79 Å². The maximum absolute atomic E-state index is 11.5. The van der Waals surface area contributed by atoms with Gasteiger partial charge in [-0.2, -0.15) is 0 Å². The molecule has 18 heavy (non-hydrogen) atoms. The Bertz CT molecular complexity index is 434. The van der Waals surface area contributed by atoms with Crippen molar-refractivity contribution in [1.82, 2.24) is 0 Å². The van der Waals surface area contributed by atoms with Crippen LogP contribution in [0.3, 0.4) is 0 Å². The first-order valence-electron chi connectivity index (χ1n) is 5.37. The van der Waals surface area contributed by atoms with Crippen molar-refractivity contribution < 1.29 is 19.0 Å². The number of hydrogen-bond donors (Lipinski definition) is 1. The summed E-state index contributed by atoms with van der Waals surface area (Å²) in [6.45, 7) is 3.52. The largest absolute Gasteiger partial charge is 0.495 e. The molecule has 0 aliphatic heterocycles. The lowest BCUT2D eigenvalue weighted by Gasteiger charge is -2.14. The molecule has 1 aromatic rings. The molecule has 0 bridgehead atoms. The van der Waals surface area contributed by atoms with Crippen LogP contribution in [0.1, 0.15) is 13.8 Å². The molecular weight excluding hydrogens is 258 g/mol. The summed E-state index contributed by atoms with van der Waals surface area (Å²) in [5, 5.41) is 2.93. The predicted octanol–water partition coefficient (Wildman–Crippen LogP) is 3.31. The van der Waals surface area contributed by atoms with Gasteiger partial charge in [0, 0.05) is 6.07 Å². The number of ether oxygens (including phenoxy) is 3. The molecule has 6 heteroatoms. The van der Waals surface area contributed by atoms with E-state index in [-0.39, 0.29) is 6.10 Å². The van der Waals surface area contributed by atoms with Crippen LogP contribution >= 0.6 is 11.6 Å². The average Bonchev–Trinajstić information content (AvgIpc) is 2.28. The normalized spacial score (nSPS) is 10.1. The highest BCUT2D eigenvalue weighted by molar-refractivity contribution is 6.32. The Hall–Kier alpha value is -1.62. The molecule has 1 aromatic carbocycles. The van der Waals surface area contributed by atoms with Gasteiger partial charge >= 0.3 is 6.09 Å². The summed E-state index contributed by atoms with van der Waals surface area (Å²) < 4.78 is 15.2. The van der Waals surface area contributed by atoms with E-state index in [9.17, 15) is 4.79 Å². The number of rotatable bonds is 4. The number of halogens is 1. The van der Waals surface area contributed by atoms with Gasteiger partial charge in [0.25, 0.3) is 0 Å². The summed E-state index contributed by atoms with van der Waals surface area (Å²) in [5.74, 6) is 0.910. The molecule has 0 unspecified atom stereocenters. The molecule has 1 amide bonds. The Labute approximate surface area is 111 Å². The highest BCUT2D eigenvalue weighted by Crippen LogP contribution is 2.35. The Morgan fingerprint density at radius 2 is 1.83 bits per heavy atom. The Kier molecular flexibility index (Phi) is 5.09. The van der Waals surface area contributed by atoms with Gasteiger partial charge in [-0.05, 0) is 19.9 Å². The lowest BCUT2D eigenvalue weighted by atomic mass is 10.2. The standard InChI is InChI=1S/C12H16ClNO4/c1-7(2)18-12(15)14-9-5-8(13)10(16-3)6-11(9)17-4/h5-7H,1-4H3,(H,14,15). The third-order valence-corrected chi connectivity index (χ3v) is 2.35. The first-order chi connectivity index (χ1) is 8.47. The fraction of sp³-hybridized carbons (Fsp3) is 0.417. The van der Waals surface area contributed by atoms with Gasteiger partial charge in [0.2, 0.25) is 0 Å². The van der Waals surface area contributed by atoms with E-state index in [1.54, 1.807) is 26.0 Å². The van der Waals surface area contributed by atoms with Crippen LogP contribution in [0, 0.1) is 0 Å². The molecule has 1 rings (SSSR count). The highest BCUT2D eigenvalue weighted by atomic mass is 35.5. The first kappa shape index (κ1) is 14.4. The number of nitrogens with one attached hydrogen (secondary N) is 1. The minimum Gasteiger partial charge on any atom is -0.495 e. The zero-order valence-electron chi connectivity index (χ0n) is 10.7. The van der Waals surface area contributed by atoms with E-state index in [1.807, 2.05) is 0 Å². The summed E-state index contributed by atoms with van der Waals surface area (Å²) in [6, 6.07) is 3.13. The van der Waals surface area contributed by atoms with E-state index in [0.717, 1.165) is 0 Å². The van der Waals surface area contributed by atoms with Crippen LogP contribution < -0.4 is 14.8 Å². The van der Waals surface area contributed by atoms with Crippen molar-refractivity contribution in [3.63, 3.8) is 0 Å². The molecule has 0 radical (unpaired) electrons. The van der Waals surface area contributed by atoms with Crippen LogP contribution in [0.15, 0.2) is 12.1 Å². The maximum atomic E-state index is 11.5. The van der Waals surface area contributed by atoms with Crippen molar-refractivity contribution >= 4 is 23.4 Å². The second-order valence-electron chi connectivity index (χ2n) is 3.77. The molecule has 0 atom stereocenters. The van der Waals surface area contributed by atoms with Gasteiger partial charge in [0.15, 0.2) is 0 Å². The Morgan fingerprint density at radius 3 is 2.33 bits per heavy atom. The van der Waals surface area contributed by atoms with Crippen LogP contribution in [-0.2, 0) is 4.74 Å². The molecule has 0 aliphatic carbocycles. The van der Waals surface area contributed by atoms with E-state index in [4.69, 9.17) is 25.8 Å². The first-order valence-corrected chi connectivity index (χ1v) is 5.75. The van der Waals surface area contributed by atoms with Crippen molar-refractivity contribution in [2.24, 2.45) is 0 Å². The number of carbonyl (C=O) groups excluding carboxylic acids is 1. The van der Waals surface area contributed by atoms with Gasteiger partial charge in [-0.3, -0.25) is 5.32 Å². The molecule has 100 valence electrons. The summed E-state index contributed by atoms with van der Waals surface area (Å²) in [5.41, 5.74) is 0.425. The summed E-state index contributed by atoms with van der Waals surface area (Å²) in [6.07, 6.45) is -0.769. The number of hydrogen-bond acceptors (Lipinski definition) is 4. The molecule has 0 saturated carbocycles. The van der Waals surface area contributed by atoms with Gasteiger partial charge in [0.1, 0.15) is 11.5 Å². The van der Waals surface area contributed by atoms with Gasteiger partial charge < -0.3 is 14.2 Å². The van der Waals surface area contributed by atoms with Gasteiger partial charge in [-0.15, -0.1) is 0 Å². The third kappa shape index (κ3) is 3.70. The number of benzene rings is 1. The summed E-state index contributed by atoms with van der Waals surface area (Å²) in [4.78, 5) is 11.5. The van der Waals surface area contributed by atoms with Crippen molar-refractivity contribution in [2.75, 3.05) is 19.5 Å². The number of amides is 1. The zero-order valence-corrected chi connectivity index (χ0v) is 11.5. The lowest BCUT2D eigenvalue weighted by molar-refractivity contribution is 0.130. The third-order valence-electron chi connectivity index (χ3n) is 2.05. The molecule has 0 saturated heterocycles. The van der Waals surface area contributed by atoms with Crippen molar-refractivity contribution in [3.8, 4) is 11.5 Å². The van der Waals surface area contributed by atoms with Crippen LogP contribution in [0.2, 0.25) is 5.02 Å². The summed E-state index contributed by atoms with van der Waals surface area (Å²) in [7, 11) is 2.99. The second kappa shape index (κ2) is 6.35. The van der Waals surface area contributed by atoms with Crippen LogP contribution in [0.4, 0.5) is 10.5 Å². The van der Waals surface area contributed by atoms with Crippen LogP contribution in [-0.4, -0.2) is 26.4 Å². The molecule has 5 nitrogen and oxygen atoms in total. The molecule has 0 spiro atoms. The molecular formula is C12H16ClNO4. The number of methoxy groups -OCH3 is 2. The number of carbonyl (C=O) groups is 1. The fourth-order valence-electron chi connectivity index (χ4n) is 1.31. The van der Waals surface area contributed by atoms with E-state index in [1.165, 1.54) is 14.2 Å². The quantitative estimate of drug-likeness (QED) is 0.914. The number of anilines is 1. The van der Waals surface area contributed by atoms with Gasteiger partial charge in [-0.1, -0.05) is 11.6 Å². The fourth-order valence-corrected chi connectivity index (χ4v) is 1.55. The lowest BCUT2D eigenvalue weighted by Crippen LogP contribution is -2.18. The SMILES string of the molecule is COc1cc(OC)c(NC(=O)OC(C)C)cc1Cl. The minimum absolute atomic E-state index is 0.204. The molecule has 0 aromatic heterocycles. The minimum atomic E-state index is -0.565. The molecule has 0 fully saturated rings. The Morgan fingerprint density at radius 1 is 1.22 bits per heavy atom. The van der Waals surface area contributed by atoms with E-state index >= 15 is 0 Å². The van der Waals surface area contributed by atoms with Crippen LogP contribution in [0.5, 0.6) is 11.5 Å². The van der Waals surface area contributed by atoms with Crippen molar-refractivity contribution in [3.05, 3.63) is 17.2 Å². The zero-order chi connectivity index (χ0) is 13.7. The molecule has 0 aliphatic rings. The molecule has 0 heterocycles. The van der Waals surface area contributed by atoms with E-state index in [2.05, 4.69) is 5.32 Å². The van der Waals surface area contributed by atoms with Crippen molar-refractivity contribution in [1.29, 1.82) is 0 Å². The average molecular weight is 274 g/mol. The monoisotopic (exact) mass is 273 g/mol. The summed E-state index contributed by atoms with van der Waals surface area (Å²) >= 11 is 5.97.